The Morgan fingerprint density at radius 2 is 1.55 bits per heavy atom. The lowest BCUT2D eigenvalue weighted by atomic mass is 10.7. The van der Waals surface area contributed by atoms with Gasteiger partial charge < -0.3 is 0 Å². The fraction of sp³-hybridized carbons (Fsp3) is 0.333. The van der Waals surface area contributed by atoms with Crippen molar-refractivity contribution in [3.05, 3.63) is 10.8 Å². The first-order chi connectivity index (χ1) is 5.38. The molecule has 1 aromatic heterocycles. The largest absolute Gasteiger partial charge is 0.168 e. The minimum atomic E-state index is 0.844. The first-order valence-corrected chi connectivity index (χ1v) is 7.10. The van der Waals surface area contributed by atoms with Gasteiger partial charge in [0, 0.05) is 30.7 Å². The minimum Gasteiger partial charge on any atom is -0.168 e. The third-order valence-electron chi connectivity index (χ3n) is 1.03. The summed E-state index contributed by atoms with van der Waals surface area (Å²) in [5.41, 5.74) is 0. The Kier molecular flexibility index (Phi) is 5.27. The lowest BCUT2D eigenvalue weighted by Crippen LogP contribution is -1.70. The van der Waals surface area contributed by atoms with Crippen molar-refractivity contribution in [2.24, 2.45) is 0 Å². The Balaban J connectivity index is 2.62. The van der Waals surface area contributed by atoms with E-state index >= 15 is 0 Å². The molecule has 0 aliphatic rings. The molecule has 5 heteroatoms. The van der Waals surface area contributed by atoms with Gasteiger partial charge in [0.05, 0.1) is 0 Å². The minimum absolute atomic E-state index is 0.844. The SMILES string of the molecule is SCSc1cscc1SCS. The quantitative estimate of drug-likeness (QED) is 0.468. The predicted octanol–water partition coefficient (Wildman–Crippen LogP) is 3.71. The highest BCUT2D eigenvalue weighted by Crippen LogP contribution is 2.34. The van der Waals surface area contributed by atoms with E-state index in [2.05, 4.69) is 36.0 Å². The molecule has 0 saturated carbocycles. The second-order valence-corrected chi connectivity index (χ2v) is 5.91. The summed E-state index contributed by atoms with van der Waals surface area (Å²) in [6.07, 6.45) is 0. The van der Waals surface area contributed by atoms with Crippen molar-refractivity contribution < 1.29 is 0 Å². The maximum Gasteiger partial charge on any atom is 0.0409 e. The lowest BCUT2D eigenvalue weighted by molar-refractivity contribution is 1.34. The molecule has 0 saturated heterocycles. The first-order valence-electron chi connectivity index (χ1n) is 2.92. The van der Waals surface area contributed by atoms with E-state index in [9.17, 15) is 0 Å². The van der Waals surface area contributed by atoms with Gasteiger partial charge in [-0.1, -0.05) is 0 Å². The Labute approximate surface area is 90.4 Å². The van der Waals surface area contributed by atoms with Crippen LogP contribution in [0.4, 0.5) is 0 Å². The van der Waals surface area contributed by atoms with Crippen molar-refractivity contribution in [2.75, 3.05) is 10.2 Å². The second kappa shape index (κ2) is 5.70. The van der Waals surface area contributed by atoms with Crippen molar-refractivity contribution >= 4 is 60.1 Å². The fourth-order valence-corrected chi connectivity index (χ4v) is 4.09. The lowest BCUT2D eigenvalue weighted by Gasteiger charge is -1.97. The Morgan fingerprint density at radius 3 is 1.91 bits per heavy atom. The monoisotopic (exact) mass is 240 g/mol. The molecular weight excluding hydrogens is 232 g/mol. The Bertz CT molecular complexity index is 186. The molecule has 0 spiro atoms. The molecule has 1 heterocycles. The van der Waals surface area contributed by atoms with Crippen LogP contribution in [0.3, 0.4) is 0 Å². The molecule has 62 valence electrons. The number of hydrogen-bond donors (Lipinski definition) is 2. The zero-order valence-corrected chi connectivity index (χ0v) is 9.93. The molecule has 0 amide bonds. The number of thioether (sulfide) groups is 2. The number of thiophene rings is 1. The van der Waals surface area contributed by atoms with Gasteiger partial charge in [-0.05, 0) is 0 Å². The van der Waals surface area contributed by atoms with E-state index < -0.39 is 0 Å². The molecule has 11 heavy (non-hydrogen) atoms. The van der Waals surface area contributed by atoms with Crippen LogP contribution in [0.1, 0.15) is 0 Å². The number of hydrogen-bond acceptors (Lipinski definition) is 5. The van der Waals surface area contributed by atoms with Crippen molar-refractivity contribution in [3.8, 4) is 0 Å². The van der Waals surface area contributed by atoms with Gasteiger partial charge in [-0.15, -0.1) is 23.5 Å². The summed E-state index contributed by atoms with van der Waals surface area (Å²) < 4.78 is 0. The molecule has 0 nitrogen and oxygen atoms in total. The van der Waals surface area contributed by atoms with E-state index in [1.807, 2.05) is 0 Å². The predicted molar refractivity (Wildman–Crippen MR) is 63.7 cm³/mol. The smallest absolute Gasteiger partial charge is 0.0409 e. The molecule has 0 aliphatic carbocycles. The van der Waals surface area contributed by atoms with Gasteiger partial charge in [-0.3, -0.25) is 0 Å². The van der Waals surface area contributed by atoms with Crippen LogP contribution < -0.4 is 0 Å². The standard InChI is InChI=1S/C6H8S5/c7-3-10-5-1-9-2-6(5)11-4-8/h1-2,7-8H,3-4H2. The zero-order valence-electron chi connectivity index (χ0n) is 5.69. The molecule has 0 radical (unpaired) electrons. The summed E-state index contributed by atoms with van der Waals surface area (Å²) in [5, 5.41) is 6.01. The van der Waals surface area contributed by atoms with Gasteiger partial charge in [0.1, 0.15) is 0 Å². The van der Waals surface area contributed by atoms with Crippen molar-refractivity contribution in [3.63, 3.8) is 0 Å². The van der Waals surface area contributed by atoms with Crippen LogP contribution in [0.25, 0.3) is 0 Å². The molecule has 0 unspecified atom stereocenters. The summed E-state index contributed by atoms with van der Waals surface area (Å²) in [6, 6.07) is 0. The van der Waals surface area contributed by atoms with Gasteiger partial charge in [-0.25, -0.2) is 0 Å². The van der Waals surface area contributed by atoms with E-state index in [0.717, 1.165) is 10.2 Å². The van der Waals surface area contributed by atoms with Crippen LogP contribution in [-0.4, -0.2) is 10.2 Å². The molecule has 1 aromatic rings. The average molecular weight is 240 g/mol. The van der Waals surface area contributed by atoms with E-state index in [-0.39, 0.29) is 0 Å². The van der Waals surface area contributed by atoms with Gasteiger partial charge in [0.15, 0.2) is 0 Å². The van der Waals surface area contributed by atoms with Crippen LogP contribution in [0.2, 0.25) is 0 Å². The van der Waals surface area contributed by atoms with Gasteiger partial charge in [0.25, 0.3) is 0 Å². The molecule has 0 N–H and O–H groups in total. The van der Waals surface area contributed by atoms with E-state index in [4.69, 9.17) is 0 Å². The average Bonchev–Trinajstić information content (AvgIpc) is 2.39. The molecular formula is C6H8S5. The summed E-state index contributed by atoms with van der Waals surface area (Å²) in [7, 11) is 0. The maximum atomic E-state index is 4.16. The van der Waals surface area contributed by atoms with Crippen LogP contribution in [0, 0.1) is 0 Å². The van der Waals surface area contributed by atoms with Crippen molar-refractivity contribution in [1.82, 2.24) is 0 Å². The summed E-state index contributed by atoms with van der Waals surface area (Å²) in [4.78, 5) is 2.67. The first kappa shape index (κ1) is 10.2. The fourth-order valence-electron chi connectivity index (χ4n) is 0.623. The van der Waals surface area contributed by atoms with E-state index in [1.54, 1.807) is 34.9 Å². The number of rotatable bonds is 4. The van der Waals surface area contributed by atoms with Crippen LogP contribution in [0.15, 0.2) is 20.6 Å². The Hall–Kier alpha value is 1.10. The third kappa shape index (κ3) is 3.14. The highest BCUT2D eigenvalue weighted by Gasteiger charge is 2.02. The highest BCUT2D eigenvalue weighted by molar-refractivity contribution is 8.11. The third-order valence-corrected chi connectivity index (χ3v) is 4.53. The van der Waals surface area contributed by atoms with Gasteiger partial charge >= 0.3 is 0 Å². The summed E-state index contributed by atoms with van der Waals surface area (Å²) in [6.45, 7) is 0. The van der Waals surface area contributed by atoms with Gasteiger partial charge in [-0.2, -0.15) is 36.6 Å². The zero-order chi connectivity index (χ0) is 8.10. The van der Waals surface area contributed by atoms with Crippen LogP contribution >= 0.6 is 60.1 Å². The van der Waals surface area contributed by atoms with E-state index in [0.29, 0.717) is 0 Å². The maximum absolute atomic E-state index is 4.16. The molecule has 0 bridgehead atoms. The second-order valence-electron chi connectivity index (χ2n) is 1.65. The highest BCUT2D eigenvalue weighted by atomic mass is 32.2. The molecule has 0 aromatic carbocycles. The normalized spacial score (nSPS) is 10.4. The van der Waals surface area contributed by atoms with Crippen molar-refractivity contribution in [2.45, 2.75) is 9.79 Å². The van der Waals surface area contributed by atoms with Crippen molar-refractivity contribution in [1.29, 1.82) is 0 Å². The topological polar surface area (TPSA) is 0 Å². The van der Waals surface area contributed by atoms with E-state index in [1.165, 1.54) is 9.79 Å². The molecule has 0 aliphatic heterocycles. The molecule has 1 rings (SSSR count). The molecule has 0 fully saturated rings. The number of thiol groups is 2. The Morgan fingerprint density at radius 1 is 1.09 bits per heavy atom. The van der Waals surface area contributed by atoms with Gasteiger partial charge in [0.2, 0.25) is 0 Å². The van der Waals surface area contributed by atoms with Crippen LogP contribution in [-0.2, 0) is 0 Å². The van der Waals surface area contributed by atoms with Crippen LogP contribution in [0.5, 0.6) is 0 Å². The molecule has 0 atom stereocenters. The summed E-state index contributed by atoms with van der Waals surface area (Å²) in [5.74, 6) is 0. The summed E-state index contributed by atoms with van der Waals surface area (Å²) >= 11 is 13.6.